The zero-order chi connectivity index (χ0) is 21.4. The Bertz CT molecular complexity index is 704. The minimum Gasteiger partial charge on any atom is -0.484 e. The predicted molar refractivity (Wildman–Crippen MR) is 110 cm³/mol. The molecule has 0 aromatic heterocycles. The van der Waals surface area contributed by atoms with Crippen molar-refractivity contribution >= 4 is 17.7 Å². The molecule has 1 N–H and O–H groups in total. The van der Waals surface area contributed by atoms with Crippen LogP contribution in [0.2, 0.25) is 0 Å². The maximum absolute atomic E-state index is 12.2. The number of nitrogens with one attached hydrogen (secondary N) is 1. The molecule has 30 heavy (non-hydrogen) atoms. The largest absolute Gasteiger partial charge is 0.573 e. The van der Waals surface area contributed by atoms with Gasteiger partial charge in [-0.2, -0.15) is 0 Å². The molecule has 166 valence electrons. The van der Waals surface area contributed by atoms with E-state index in [1.807, 2.05) is 0 Å². The van der Waals surface area contributed by atoms with Crippen LogP contribution in [0.1, 0.15) is 44.9 Å². The SMILES string of the molecule is O=C(COc1ccc(OC(F)(F)F)cc1)NCC1SC=CN1C1CCCCCCC1. The summed E-state index contributed by atoms with van der Waals surface area (Å²) in [6, 6.07) is 5.48. The van der Waals surface area contributed by atoms with Gasteiger partial charge in [-0.25, -0.2) is 0 Å². The average molecular weight is 445 g/mol. The lowest BCUT2D eigenvalue weighted by molar-refractivity contribution is -0.274. The number of carbonyl (C=O) groups excluding carboxylic acids is 1. The molecule has 9 heteroatoms. The molecule has 1 aromatic carbocycles. The zero-order valence-electron chi connectivity index (χ0n) is 16.7. The average Bonchev–Trinajstić information content (AvgIpc) is 3.13. The molecule has 1 aromatic rings. The molecule has 1 amide bonds. The van der Waals surface area contributed by atoms with Crippen LogP contribution in [0.15, 0.2) is 35.9 Å². The maximum atomic E-state index is 12.2. The van der Waals surface area contributed by atoms with Gasteiger partial charge in [-0.3, -0.25) is 4.79 Å². The fraction of sp³-hybridized carbons (Fsp3) is 0.571. The Hall–Kier alpha value is -2.03. The van der Waals surface area contributed by atoms with E-state index in [9.17, 15) is 18.0 Å². The third-order valence-corrected chi connectivity index (χ3v) is 6.20. The molecule has 3 rings (SSSR count). The van der Waals surface area contributed by atoms with E-state index in [0.717, 1.165) is 12.1 Å². The standard InChI is InChI=1S/C21H27F3N2O3S/c22-21(23,24)29-18-10-8-17(9-11-18)28-15-19(27)25-14-20-26(12-13-30-20)16-6-4-2-1-3-5-7-16/h8-13,16,20H,1-7,14-15H2,(H,25,27). The molecular weight excluding hydrogens is 417 g/mol. The second kappa shape index (κ2) is 10.8. The topological polar surface area (TPSA) is 50.8 Å². The van der Waals surface area contributed by atoms with E-state index in [1.54, 1.807) is 11.8 Å². The van der Waals surface area contributed by atoms with E-state index in [1.165, 1.54) is 57.1 Å². The fourth-order valence-electron chi connectivity index (χ4n) is 3.74. The third kappa shape index (κ3) is 7.34. The number of benzene rings is 1. The second-order valence-corrected chi connectivity index (χ2v) is 8.52. The predicted octanol–water partition coefficient (Wildman–Crippen LogP) is 5.04. The first-order valence-electron chi connectivity index (χ1n) is 10.3. The van der Waals surface area contributed by atoms with Crippen molar-refractivity contribution in [3.8, 4) is 11.5 Å². The number of thioether (sulfide) groups is 1. The highest BCUT2D eigenvalue weighted by Crippen LogP contribution is 2.31. The summed E-state index contributed by atoms with van der Waals surface area (Å²) in [6.07, 6.45) is 6.19. The Morgan fingerprint density at radius 3 is 2.37 bits per heavy atom. The van der Waals surface area contributed by atoms with Crippen LogP contribution in [0.5, 0.6) is 11.5 Å². The van der Waals surface area contributed by atoms with Crippen molar-refractivity contribution in [3.05, 3.63) is 35.9 Å². The highest BCUT2D eigenvalue weighted by molar-refractivity contribution is 8.02. The van der Waals surface area contributed by atoms with Crippen LogP contribution in [0.4, 0.5) is 13.2 Å². The van der Waals surface area contributed by atoms with Crippen molar-refractivity contribution in [1.82, 2.24) is 10.2 Å². The molecule has 1 unspecified atom stereocenters. The number of nitrogens with zero attached hydrogens (tertiary/aromatic N) is 1. The Kier molecular flexibility index (Phi) is 8.18. The van der Waals surface area contributed by atoms with Crippen LogP contribution in [-0.2, 0) is 4.79 Å². The number of rotatable bonds is 7. The molecule has 1 atom stereocenters. The first-order valence-corrected chi connectivity index (χ1v) is 11.2. The van der Waals surface area contributed by atoms with Crippen LogP contribution in [0.3, 0.4) is 0 Å². The first-order chi connectivity index (χ1) is 14.4. The maximum Gasteiger partial charge on any atom is 0.573 e. The first kappa shape index (κ1) is 22.7. The number of hydrogen-bond acceptors (Lipinski definition) is 5. The molecule has 5 nitrogen and oxygen atoms in total. The van der Waals surface area contributed by atoms with Gasteiger partial charge in [0, 0.05) is 18.8 Å². The number of halogens is 3. The number of hydrogen-bond donors (Lipinski definition) is 1. The summed E-state index contributed by atoms with van der Waals surface area (Å²) in [5.41, 5.74) is 0. The quantitative estimate of drug-likeness (QED) is 0.639. The van der Waals surface area contributed by atoms with Gasteiger partial charge in [0.2, 0.25) is 0 Å². The van der Waals surface area contributed by atoms with Crippen molar-refractivity contribution < 1.29 is 27.4 Å². The highest BCUT2D eigenvalue weighted by atomic mass is 32.2. The van der Waals surface area contributed by atoms with Gasteiger partial charge < -0.3 is 19.7 Å². The smallest absolute Gasteiger partial charge is 0.484 e. The van der Waals surface area contributed by atoms with Gasteiger partial charge in [-0.05, 0) is 42.5 Å². The van der Waals surface area contributed by atoms with Gasteiger partial charge in [0.15, 0.2) is 6.61 Å². The lowest BCUT2D eigenvalue weighted by atomic mass is 9.96. The summed E-state index contributed by atoms with van der Waals surface area (Å²) in [6.45, 7) is 0.308. The Morgan fingerprint density at radius 1 is 1.07 bits per heavy atom. The van der Waals surface area contributed by atoms with Crippen LogP contribution < -0.4 is 14.8 Å². The molecule has 1 heterocycles. The van der Waals surface area contributed by atoms with Gasteiger partial charge in [0.05, 0.1) is 5.37 Å². The van der Waals surface area contributed by atoms with Crippen molar-refractivity contribution in [1.29, 1.82) is 0 Å². The number of alkyl halides is 3. The molecule has 0 bridgehead atoms. The molecule has 1 aliphatic heterocycles. The van der Waals surface area contributed by atoms with Crippen LogP contribution in [0, 0.1) is 0 Å². The zero-order valence-corrected chi connectivity index (χ0v) is 17.5. The van der Waals surface area contributed by atoms with E-state index in [0.29, 0.717) is 18.3 Å². The van der Waals surface area contributed by atoms with E-state index in [2.05, 4.69) is 26.6 Å². The Balaban J connectivity index is 1.40. The summed E-state index contributed by atoms with van der Waals surface area (Å²) < 4.78 is 45.7. The van der Waals surface area contributed by atoms with Gasteiger partial charge >= 0.3 is 6.36 Å². The monoisotopic (exact) mass is 444 g/mol. The molecule has 0 radical (unpaired) electrons. The molecule has 2 aliphatic rings. The van der Waals surface area contributed by atoms with Crippen molar-refractivity contribution in [3.63, 3.8) is 0 Å². The minimum absolute atomic E-state index is 0.178. The van der Waals surface area contributed by atoms with E-state index >= 15 is 0 Å². The number of carbonyl (C=O) groups is 1. The van der Waals surface area contributed by atoms with Crippen LogP contribution in [0.25, 0.3) is 0 Å². The molecule has 1 saturated carbocycles. The summed E-state index contributed by atoms with van der Waals surface area (Å²) in [7, 11) is 0. The number of ether oxygens (including phenoxy) is 2. The van der Waals surface area contributed by atoms with Crippen molar-refractivity contribution in [2.75, 3.05) is 13.2 Å². The highest BCUT2D eigenvalue weighted by Gasteiger charge is 2.31. The lowest BCUT2D eigenvalue weighted by Gasteiger charge is -2.34. The summed E-state index contributed by atoms with van der Waals surface area (Å²) in [4.78, 5) is 14.5. The number of amides is 1. The summed E-state index contributed by atoms with van der Waals surface area (Å²) in [5, 5.41) is 5.15. The van der Waals surface area contributed by atoms with Gasteiger partial charge in [0.25, 0.3) is 5.91 Å². The molecule has 0 saturated heterocycles. The summed E-state index contributed by atoms with van der Waals surface area (Å²) >= 11 is 1.70. The van der Waals surface area contributed by atoms with E-state index in [4.69, 9.17) is 4.74 Å². The van der Waals surface area contributed by atoms with Crippen LogP contribution >= 0.6 is 11.8 Å². The normalized spacial score (nSPS) is 20.5. The van der Waals surface area contributed by atoms with Crippen molar-refractivity contribution in [2.24, 2.45) is 0 Å². The van der Waals surface area contributed by atoms with E-state index < -0.39 is 6.36 Å². The molecule has 1 fully saturated rings. The van der Waals surface area contributed by atoms with Gasteiger partial charge in [-0.1, -0.05) is 32.1 Å². The third-order valence-electron chi connectivity index (χ3n) is 5.20. The summed E-state index contributed by atoms with van der Waals surface area (Å²) in [5.74, 6) is -0.303. The Labute approximate surface area is 179 Å². The van der Waals surface area contributed by atoms with Crippen LogP contribution in [-0.4, -0.2) is 41.7 Å². The molecule has 0 spiro atoms. The van der Waals surface area contributed by atoms with E-state index in [-0.39, 0.29) is 23.6 Å². The fourth-order valence-corrected chi connectivity index (χ4v) is 4.70. The lowest BCUT2D eigenvalue weighted by Crippen LogP contribution is -2.43. The molecule has 1 aliphatic carbocycles. The Morgan fingerprint density at radius 2 is 1.70 bits per heavy atom. The minimum atomic E-state index is -4.74. The second-order valence-electron chi connectivity index (χ2n) is 7.43. The molecular formula is C21H27F3N2O3S. The van der Waals surface area contributed by atoms with Gasteiger partial charge in [0.1, 0.15) is 11.5 Å². The van der Waals surface area contributed by atoms with Crippen molar-refractivity contribution in [2.45, 2.75) is 62.7 Å². The van der Waals surface area contributed by atoms with Gasteiger partial charge in [-0.15, -0.1) is 24.9 Å².